The summed E-state index contributed by atoms with van der Waals surface area (Å²) in [4.78, 5) is 11.3. The molecule has 1 unspecified atom stereocenters. The van der Waals surface area contributed by atoms with Gasteiger partial charge < -0.3 is 15.2 Å². The van der Waals surface area contributed by atoms with Crippen molar-refractivity contribution in [1.29, 1.82) is 0 Å². The number of ether oxygens (including phenoxy) is 1. The first-order chi connectivity index (χ1) is 9.20. The summed E-state index contributed by atoms with van der Waals surface area (Å²) in [5.41, 5.74) is 1.45. The van der Waals surface area contributed by atoms with Crippen LogP contribution in [0, 0.1) is 0 Å². The Hall–Kier alpha value is -2.49. The van der Waals surface area contributed by atoms with Gasteiger partial charge in [-0.2, -0.15) is 0 Å². The number of nitrogens with one attached hydrogen (secondary N) is 1. The van der Waals surface area contributed by atoms with E-state index in [4.69, 9.17) is 4.74 Å². The van der Waals surface area contributed by atoms with Gasteiger partial charge in [-0.25, -0.2) is 4.79 Å². The first-order valence-corrected chi connectivity index (χ1v) is 5.89. The minimum Gasteiger partial charge on any atom is -0.497 e. The molecule has 0 heterocycles. The minimum atomic E-state index is -0.915. The molecule has 0 saturated carbocycles. The number of hydrogen-bond donors (Lipinski definition) is 2. The topological polar surface area (TPSA) is 58.6 Å². The fourth-order valence-electron chi connectivity index (χ4n) is 1.79. The van der Waals surface area contributed by atoms with Crippen LogP contribution in [0.25, 0.3) is 0 Å². The molecule has 98 valence electrons. The van der Waals surface area contributed by atoms with Gasteiger partial charge in [0.15, 0.2) is 6.04 Å². The lowest BCUT2D eigenvalue weighted by Crippen LogP contribution is -2.20. The van der Waals surface area contributed by atoms with Crippen molar-refractivity contribution < 1.29 is 14.6 Å². The Morgan fingerprint density at radius 3 is 2.26 bits per heavy atom. The van der Waals surface area contributed by atoms with Crippen LogP contribution in [0.15, 0.2) is 54.6 Å². The fraction of sp³-hybridized carbons (Fsp3) is 0.133. The highest BCUT2D eigenvalue weighted by molar-refractivity contribution is 5.79. The average molecular weight is 257 g/mol. The van der Waals surface area contributed by atoms with E-state index in [0.29, 0.717) is 5.56 Å². The Labute approximate surface area is 111 Å². The number of rotatable bonds is 5. The Morgan fingerprint density at radius 1 is 1.11 bits per heavy atom. The molecule has 0 fully saturated rings. The van der Waals surface area contributed by atoms with Crippen LogP contribution in [0.3, 0.4) is 0 Å². The molecule has 0 spiro atoms. The van der Waals surface area contributed by atoms with E-state index in [1.807, 2.05) is 18.2 Å². The second kappa shape index (κ2) is 5.91. The lowest BCUT2D eigenvalue weighted by atomic mass is 10.1. The van der Waals surface area contributed by atoms with E-state index in [-0.39, 0.29) is 0 Å². The number of anilines is 1. The summed E-state index contributed by atoms with van der Waals surface area (Å²) in [5, 5.41) is 12.3. The fourth-order valence-corrected chi connectivity index (χ4v) is 1.79. The zero-order valence-corrected chi connectivity index (χ0v) is 10.5. The molecule has 0 aromatic heterocycles. The van der Waals surface area contributed by atoms with Gasteiger partial charge in [0, 0.05) is 5.69 Å². The molecule has 2 aromatic carbocycles. The van der Waals surface area contributed by atoms with Gasteiger partial charge in [0.1, 0.15) is 5.75 Å². The maximum Gasteiger partial charge on any atom is 0.330 e. The van der Waals surface area contributed by atoms with Gasteiger partial charge in [-0.05, 0) is 29.8 Å². The van der Waals surface area contributed by atoms with Crippen LogP contribution in [0.1, 0.15) is 11.6 Å². The molecule has 1 atom stereocenters. The average Bonchev–Trinajstić information content (AvgIpc) is 2.46. The highest BCUT2D eigenvalue weighted by Gasteiger charge is 2.18. The summed E-state index contributed by atoms with van der Waals surface area (Å²) < 4.78 is 5.06. The predicted molar refractivity (Wildman–Crippen MR) is 73.4 cm³/mol. The van der Waals surface area contributed by atoms with Gasteiger partial charge in [0.25, 0.3) is 0 Å². The lowest BCUT2D eigenvalue weighted by molar-refractivity contribution is -0.138. The van der Waals surface area contributed by atoms with Crippen LogP contribution >= 0.6 is 0 Å². The highest BCUT2D eigenvalue weighted by atomic mass is 16.5. The van der Waals surface area contributed by atoms with Gasteiger partial charge in [0.05, 0.1) is 7.11 Å². The smallest absolute Gasteiger partial charge is 0.330 e. The number of methoxy groups -OCH3 is 1. The maximum absolute atomic E-state index is 11.3. The van der Waals surface area contributed by atoms with E-state index in [9.17, 15) is 9.90 Å². The monoisotopic (exact) mass is 257 g/mol. The van der Waals surface area contributed by atoms with Crippen LogP contribution in [0.5, 0.6) is 5.75 Å². The van der Waals surface area contributed by atoms with Crippen LogP contribution in [0.2, 0.25) is 0 Å². The Kier molecular flexibility index (Phi) is 4.03. The molecular weight excluding hydrogens is 242 g/mol. The summed E-state index contributed by atoms with van der Waals surface area (Å²) in [6, 6.07) is 15.4. The SMILES string of the molecule is COc1ccc(NC(C(=O)O)c2ccccc2)cc1. The summed E-state index contributed by atoms with van der Waals surface area (Å²) >= 11 is 0. The second-order valence-electron chi connectivity index (χ2n) is 4.05. The summed E-state index contributed by atoms with van der Waals surface area (Å²) in [6.45, 7) is 0. The molecule has 0 aliphatic carbocycles. The number of hydrogen-bond acceptors (Lipinski definition) is 3. The van der Waals surface area contributed by atoms with E-state index in [1.54, 1.807) is 43.5 Å². The van der Waals surface area contributed by atoms with E-state index in [1.165, 1.54) is 0 Å². The Balaban J connectivity index is 2.19. The zero-order chi connectivity index (χ0) is 13.7. The molecule has 0 aliphatic rings. The molecule has 4 nitrogen and oxygen atoms in total. The summed E-state index contributed by atoms with van der Waals surface area (Å²) in [6.07, 6.45) is 0. The van der Waals surface area contributed by atoms with Gasteiger partial charge in [-0.3, -0.25) is 0 Å². The molecule has 2 aromatic rings. The molecule has 0 aliphatic heterocycles. The Morgan fingerprint density at radius 2 is 1.74 bits per heavy atom. The summed E-state index contributed by atoms with van der Waals surface area (Å²) in [7, 11) is 1.59. The highest BCUT2D eigenvalue weighted by Crippen LogP contribution is 2.21. The minimum absolute atomic E-state index is 0.714. The Bertz CT molecular complexity index is 537. The van der Waals surface area contributed by atoms with Crippen molar-refractivity contribution in [1.82, 2.24) is 0 Å². The molecule has 2 N–H and O–H groups in total. The summed E-state index contributed by atoms with van der Waals surface area (Å²) in [5.74, 6) is -0.181. The quantitative estimate of drug-likeness (QED) is 0.864. The molecule has 0 radical (unpaired) electrons. The third-order valence-corrected chi connectivity index (χ3v) is 2.78. The van der Waals surface area contributed by atoms with Gasteiger partial charge in [-0.15, -0.1) is 0 Å². The van der Waals surface area contributed by atoms with E-state index in [2.05, 4.69) is 5.32 Å². The van der Waals surface area contributed by atoms with Crippen molar-refractivity contribution in [2.45, 2.75) is 6.04 Å². The normalized spacial score (nSPS) is 11.6. The molecule has 4 heteroatoms. The van der Waals surface area contributed by atoms with Crippen molar-refractivity contribution in [3.8, 4) is 5.75 Å². The molecule has 2 rings (SSSR count). The van der Waals surface area contributed by atoms with Crippen LogP contribution < -0.4 is 10.1 Å². The molecule has 0 saturated heterocycles. The zero-order valence-electron chi connectivity index (χ0n) is 10.5. The number of carboxylic acid groups (broad SMARTS) is 1. The number of carboxylic acids is 1. The van der Waals surface area contributed by atoms with Gasteiger partial charge in [0.2, 0.25) is 0 Å². The second-order valence-corrected chi connectivity index (χ2v) is 4.05. The largest absolute Gasteiger partial charge is 0.497 e. The lowest BCUT2D eigenvalue weighted by Gasteiger charge is -2.16. The van der Waals surface area contributed by atoms with E-state index < -0.39 is 12.0 Å². The van der Waals surface area contributed by atoms with Crippen LogP contribution in [0.4, 0.5) is 5.69 Å². The number of carbonyl (C=O) groups is 1. The van der Waals surface area contributed by atoms with Crippen molar-refractivity contribution in [2.75, 3.05) is 12.4 Å². The van der Waals surface area contributed by atoms with Crippen LogP contribution in [-0.2, 0) is 4.79 Å². The first kappa shape index (κ1) is 13.0. The molecular formula is C15H15NO3. The van der Waals surface area contributed by atoms with Crippen molar-refractivity contribution in [3.05, 3.63) is 60.2 Å². The third-order valence-electron chi connectivity index (χ3n) is 2.78. The van der Waals surface area contributed by atoms with E-state index in [0.717, 1.165) is 11.4 Å². The van der Waals surface area contributed by atoms with Crippen molar-refractivity contribution in [2.24, 2.45) is 0 Å². The van der Waals surface area contributed by atoms with Gasteiger partial charge in [-0.1, -0.05) is 30.3 Å². The number of aliphatic carboxylic acids is 1. The molecule has 19 heavy (non-hydrogen) atoms. The molecule has 0 amide bonds. The van der Waals surface area contributed by atoms with Gasteiger partial charge >= 0.3 is 5.97 Å². The van der Waals surface area contributed by atoms with Crippen LogP contribution in [-0.4, -0.2) is 18.2 Å². The van der Waals surface area contributed by atoms with Crippen molar-refractivity contribution >= 4 is 11.7 Å². The standard InChI is InChI=1S/C15H15NO3/c1-19-13-9-7-12(8-10-13)16-14(15(17)18)11-5-3-2-4-6-11/h2-10,14,16H,1H3,(H,17,18). The molecule has 0 bridgehead atoms. The number of benzene rings is 2. The predicted octanol–water partition coefficient (Wildman–Crippen LogP) is 2.93. The third kappa shape index (κ3) is 3.25. The van der Waals surface area contributed by atoms with Crippen molar-refractivity contribution in [3.63, 3.8) is 0 Å². The van der Waals surface area contributed by atoms with E-state index >= 15 is 0 Å². The first-order valence-electron chi connectivity index (χ1n) is 5.89. The maximum atomic E-state index is 11.3.